The summed E-state index contributed by atoms with van der Waals surface area (Å²) < 4.78 is 29.7. The van der Waals surface area contributed by atoms with Crippen molar-refractivity contribution >= 4 is 21.6 Å². The van der Waals surface area contributed by atoms with Crippen molar-refractivity contribution in [1.82, 2.24) is 14.7 Å². The second-order valence-electron chi connectivity index (χ2n) is 7.26. The minimum atomic E-state index is -3.57. The molecule has 1 atom stereocenters. The summed E-state index contributed by atoms with van der Waals surface area (Å²) >= 11 is 0. The van der Waals surface area contributed by atoms with Gasteiger partial charge in [0, 0.05) is 25.8 Å². The minimum Gasteiger partial charge on any atom is -0.336 e. The normalized spacial score (nSPS) is 17.9. The summed E-state index contributed by atoms with van der Waals surface area (Å²) in [5.74, 6) is 0.0545. The highest BCUT2D eigenvalue weighted by molar-refractivity contribution is 7.93. The lowest BCUT2D eigenvalue weighted by Gasteiger charge is -2.32. The molecule has 0 aliphatic carbocycles. The number of piperidine rings is 1. The van der Waals surface area contributed by atoms with Gasteiger partial charge in [-0.25, -0.2) is 8.42 Å². The summed E-state index contributed by atoms with van der Waals surface area (Å²) in [4.78, 5) is 14.6. The second-order valence-corrected chi connectivity index (χ2v) is 9.22. The van der Waals surface area contributed by atoms with Crippen LogP contribution in [-0.2, 0) is 17.1 Å². The Hall–Kier alpha value is -2.35. The van der Waals surface area contributed by atoms with Crippen LogP contribution >= 0.6 is 0 Å². The number of anilines is 1. The van der Waals surface area contributed by atoms with E-state index in [0.29, 0.717) is 30.8 Å². The molecule has 8 heteroatoms. The van der Waals surface area contributed by atoms with Crippen molar-refractivity contribution in [3.8, 4) is 0 Å². The predicted molar refractivity (Wildman–Crippen MR) is 105 cm³/mol. The zero-order valence-corrected chi connectivity index (χ0v) is 16.7. The van der Waals surface area contributed by atoms with Gasteiger partial charge in [0.1, 0.15) is 5.69 Å². The largest absolute Gasteiger partial charge is 0.336 e. The molecule has 2 heterocycles. The van der Waals surface area contributed by atoms with Gasteiger partial charge in [0.2, 0.25) is 10.0 Å². The fourth-order valence-electron chi connectivity index (χ4n) is 3.26. The van der Waals surface area contributed by atoms with E-state index in [9.17, 15) is 13.2 Å². The van der Waals surface area contributed by atoms with E-state index in [1.54, 1.807) is 47.0 Å². The standard InChI is InChI=1S/C19H26N4O3S/c1-14(2)17-12-18(22(3)20-17)19(24)23-11-7-10-16(13-23)27(25,26)21-15-8-5-4-6-9-15/h4-6,8-9,12,14,16,21H,7,10-11,13H2,1-3H3/t16-/m0/s1. The van der Waals surface area contributed by atoms with Crippen LogP contribution in [0.1, 0.15) is 48.8 Å². The number of carbonyl (C=O) groups excluding carboxylic acids is 1. The number of carbonyl (C=O) groups is 1. The summed E-state index contributed by atoms with van der Waals surface area (Å²) in [6.07, 6.45) is 1.19. The molecule has 2 aromatic rings. The minimum absolute atomic E-state index is 0.170. The maximum Gasteiger partial charge on any atom is 0.272 e. The van der Waals surface area contributed by atoms with Crippen LogP contribution in [0.2, 0.25) is 0 Å². The molecular formula is C19H26N4O3S. The molecule has 0 saturated carbocycles. The number of sulfonamides is 1. The average molecular weight is 391 g/mol. The first-order chi connectivity index (χ1) is 12.8. The second kappa shape index (κ2) is 7.72. The van der Waals surface area contributed by atoms with Crippen LogP contribution < -0.4 is 4.72 Å². The molecule has 0 spiro atoms. The molecule has 27 heavy (non-hydrogen) atoms. The summed E-state index contributed by atoms with van der Waals surface area (Å²) in [5.41, 5.74) is 1.88. The first-order valence-electron chi connectivity index (χ1n) is 9.18. The Kier molecular flexibility index (Phi) is 5.55. The molecular weight excluding hydrogens is 364 g/mol. The van der Waals surface area contributed by atoms with Gasteiger partial charge in [-0.05, 0) is 37.0 Å². The molecule has 1 aliphatic rings. The molecule has 1 aromatic carbocycles. The molecule has 1 fully saturated rings. The summed E-state index contributed by atoms with van der Waals surface area (Å²) in [6, 6.07) is 10.6. The fourth-order valence-corrected chi connectivity index (χ4v) is 4.75. The molecule has 146 valence electrons. The highest BCUT2D eigenvalue weighted by atomic mass is 32.2. The fraction of sp³-hybridized carbons (Fsp3) is 0.474. The van der Waals surface area contributed by atoms with Crippen LogP contribution in [0.4, 0.5) is 5.69 Å². The van der Waals surface area contributed by atoms with Crippen molar-refractivity contribution in [2.45, 2.75) is 37.9 Å². The van der Waals surface area contributed by atoms with Crippen LogP contribution in [0, 0.1) is 0 Å². The summed E-state index contributed by atoms with van der Waals surface area (Å²) in [6.45, 7) is 4.78. The quantitative estimate of drug-likeness (QED) is 0.850. The molecule has 1 saturated heterocycles. The first kappa shape index (κ1) is 19.4. The molecule has 3 rings (SSSR count). The van der Waals surface area contributed by atoms with Crippen LogP contribution in [0.3, 0.4) is 0 Å². The predicted octanol–water partition coefficient (Wildman–Crippen LogP) is 2.59. The van der Waals surface area contributed by atoms with Crippen molar-refractivity contribution in [3.05, 3.63) is 47.8 Å². The number of rotatable bonds is 5. The Bertz CT molecular complexity index is 906. The third-order valence-corrected chi connectivity index (χ3v) is 6.63. The molecule has 1 N–H and O–H groups in total. The number of aryl methyl sites for hydroxylation is 1. The van der Waals surface area contributed by atoms with E-state index in [4.69, 9.17) is 0 Å². The van der Waals surface area contributed by atoms with E-state index in [2.05, 4.69) is 9.82 Å². The van der Waals surface area contributed by atoms with Gasteiger partial charge in [0.25, 0.3) is 5.91 Å². The number of nitrogens with one attached hydrogen (secondary N) is 1. The monoisotopic (exact) mass is 390 g/mol. The Morgan fingerprint density at radius 3 is 2.59 bits per heavy atom. The van der Waals surface area contributed by atoms with Gasteiger partial charge in [0.15, 0.2) is 0 Å². The van der Waals surface area contributed by atoms with E-state index in [0.717, 1.165) is 5.69 Å². The number of nitrogens with zero attached hydrogens (tertiary/aromatic N) is 3. The van der Waals surface area contributed by atoms with Gasteiger partial charge >= 0.3 is 0 Å². The number of para-hydroxylation sites is 1. The molecule has 0 radical (unpaired) electrons. The third kappa shape index (κ3) is 4.32. The number of hydrogen-bond donors (Lipinski definition) is 1. The van der Waals surface area contributed by atoms with Crippen LogP contribution in [0.15, 0.2) is 36.4 Å². The zero-order valence-electron chi connectivity index (χ0n) is 15.9. The SMILES string of the molecule is CC(C)c1cc(C(=O)N2CCC[C@H](S(=O)(=O)Nc3ccccc3)C2)n(C)n1. The highest BCUT2D eigenvalue weighted by Crippen LogP contribution is 2.22. The lowest BCUT2D eigenvalue weighted by molar-refractivity contribution is 0.0716. The average Bonchev–Trinajstić information content (AvgIpc) is 3.04. The van der Waals surface area contributed by atoms with Crippen molar-refractivity contribution in [2.75, 3.05) is 17.8 Å². The van der Waals surface area contributed by atoms with Gasteiger partial charge in [-0.3, -0.25) is 14.2 Å². The van der Waals surface area contributed by atoms with E-state index in [-0.39, 0.29) is 18.4 Å². The maximum atomic E-state index is 12.9. The van der Waals surface area contributed by atoms with E-state index >= 15 is 0 Å². The van der Waals surface area contributed by atoms with Crippen molar-refractivity contribution in [2.24, 2.45) is 7.05 Å². The van der Waals surface area contributed by atoms with Crippen LogP contribution in [0.25, 0.3) is 0 Å². The number of likely N-dealkylation sites (tertiary alicyclic amines) is 1. The van der Waals surface area contributed by atoms with Crippen molar-refractivity contribution < 1.29 is 13.2 Å². The van der Waals surface area contributed by atoms with E-state index in [1.807, 2.05) is 19.9 Å². The Morgan fingerprint density at radius 2 is 1.96 bits per heavy atom. The van der Waals surface area contributed by atoms with Gasteiger partial charge in [0.05, 0.1) is 10.9 Å². The zero-order chi connectivity index (χ0) is 19.6. The van der Waals surface area contributed by atoms with E-state index in [1.165, 1.54) is 0 Å². The summed E-state index contributed by atoms with van der Waals surface area (Å²) in [5, 5.41) is 3.76. The van der Waals surface area contributed by atoms with Crippen LogP contribution in [-0.4, -0.2) is 47.3 Å². The molecule has 0 unspecified atom stereocenters. The number of hydrogen-bond acceptors (Lipinski definition) is 4. The first-order valence-corrected chi connectivity index (χ1v) is 10.7. The van der Waals surface area contributed by atoms with Crippen molar-refractivity contribution in [3.63, 3.8) is 0 Å². The Labute approximate surface area is 160 Å². The smallest absolute Gasteiger partial charge is 0.272 e. The van der Waals surface area contributed by atoms with Gasteiger partial charge in [-0.15, -0.1) is 0 Å². The molecule has 1 aliphatic heterocycles. The number of aromatic nitrogens is 2. The Morgan fingerprint density at radius 1 is 1.26 bits per heavy atom. The van der Waals surface area contributed by atoms with E-state index < -0.39 is 15.3 Å². The van der Waals surface area contributed by atoms with Gasteiger partial charge in [-0.1, -0.05) is 32.0 Å². The lowest BCUT2D eigenvalue weighted by Crippen LogP contribution is -2.47. The van der Waals surface area contributed by atoms with Gasteiger partial charge < -0.3 is 4.90 Å². The van der Waals surface area contributed by atoms with Crippen molar-refractivity contribution in [1.29, 1.82) is 0 Å². The molecule has 7 nitrogen and oxygen atoms in total. The van der Waals surface area contributed by atoms with Crippen LogP contribution in [0.5, 0.6) is 0 Å². The third-order valence-electron chi connectivity index (χ3n) is 4.85. The molecule has 1 aromatic heterocycles. The number of amides is 1. The highest BCUT2D eigenvalue weighted by Gasteiger charge is 2.34. The summed E-state index contributed by atoms with van der Waals surface area (Å²) in [7, 11) is -1.83. The lowest BCUT2D eigenvalue weighted by atomic mass is 10.1. The topological polar surface area (TPSA) is 84.3 Å². The number of benzene rings is 1. The maximum absolute atomic E-state index is 12.9. The van der Waals surface area contributed by atoms with Gasteiger partial charge in [-0.2, -0.15) is 5.10 Å². The molecule has 0 bridgehead atoms. The molecule has 1 amide bonds. The Balaban J connectivity index is 1.74.